The molecule has 40 heavy (non-hydrogen) atoms. The summed E-state index contributed by atoms with van der Waals surface area (Å²) in [5.41, 5.74) is -0.817. The van der Waals surface area contributed by atoms with Gasteiger partial charge in [-0.05, 0) is 50.2 Å². The summed E-state index contributed by atoms with van der Waals surface area (Å²) in [7, 11) is 0. The number of alkyl halides is 3. The number of aromatic nitrogens is 3. The average Bonchev–Trinajstić information content (AvgIpc) is 2.90. The van der Waals surface area contributed by atoms with Gasteiger partial charge >= 0.3 is 12.1 Å². The third-order valence-electron chi connectivity index (χ3n) is 7.20. The molecule has 0 spiro atoms. The lowest BCUT2D eigenvalue weighted by molar-refractivity contribution is -0.139. The second kappa shape index (κ2) is 10.8. The summed E-state index contributed by atoms with van der Waals surface area (Å²) in [6.07, 6.45) is 2.69. The molecular formula is C28H26F4N4O4. The molecule has 1 amide bonds. The van der Waals surface area contributed by atoms with Crippen molar-refractivity contribution in [3.05, 3.63) is 71.2 Å². The molecular weight excluding hydrogens is 532 g/mol. The highest BCUT2D eigenvalue weighted by molar-refractivity contribution is 6.06. The molecule has 1 unspecified atom stereocenters. The second-order valence-corrected chi connectivity index (χ2v) is 10.1. The monoisotopic (exact) mass is 558 g/mol. The number of benzene rings is 1. The molecule has 1 atom stereocenters. The predicted molar refractivity (Wildman–Crippen MR) is 134 cm³/mol. The largest absolute Gasteiger partial charge is 0.438 e. The van der Waals surface area contributed by atoms with Crippen molar-refractivity contribution in [2.45, 2.75) is 58.4 Å². The van der Waals surface area contributed by atoms with Gasteiger partial charge in [0.15, 0.2) is 17.8 Å². The van der Waals surface area contributed by atoms with Gasteiger partial charge in [-0.25, -0.2) is 14.2 Å². The number of anilines is 1. The van der Waals surface area contributed by atoms with Gasteiger partial charge in [-0.3, -0.25) is 19.7 Å². The third kappa shape index (κ3) is 5.61. The van der Waals surface area contributed by atoms with E-state index in [4.69, 9.17) is 9.47 Å². The van der Waals surface area contributed by atoms with Crippen LogP contribution in [0.4, 0.5) is 23.2 Å². The minimum atomic E-state index is -4.87. The van der Waals surface area contributed by atoms with Crippen LogP contribution in [0.2, 0.25) is 0 Å². The van der Waals surface area contributed by atoms with Gasteiger partial charge in [0.05, 0.1) is 16.9 Å². The number of hydrogen-bond acceptors (Lipinski definition) is 7. The fourth-order valence-corrected chi connectivity index (χ4v) is 5.06. The molecule has 1 aromatic carbocycles. The van der Waals surface area contributed by atoms with Crippen molar-refractivity contribution in [3.8, 4) is 11.6 Å². The summed E-state index contributed by atoms with van der Waals surface area (Å²) >= 11 is 0. The van der Waals surface area contributed by atoms with Crippen LogP contribution < -0.4 is 9.64 Å². The Morgan fingerprint density at radius 3 is 2.50 bits per heavy atom. The SMILES string of the molecule is CC1OC(=O)c2cc(Oc3ncc(Cc4cnccn4)cc3C(F)(F)F)c(F)cc2N1C(=O)[C@H]1CC[C@H](C)CC1. The second-order valence-electron chi connectivity index (χ2n) is 10.1. The average molecular weight is 559 g/mol. The quantitative estimate of drug-likeness (QED) is 0.276. The van der Waals surface area contributed by atoms with Crippen LogP contribution in [0.25, 0.3) is 0 Å². The molecule has 3 aromatic rings. The molecule has 0 radical (unpaired) electrons. The number of carbonyl (C=O) groups excluding carboxylic acids is 2. The van der Waals surface area contributed by atoms with Gasteiger partial charge in [-0.1, -0.05) is 6.92 Å². The van der Waals surface area contributed by atoms with E-state index in [1.165, 1.54) is 30.4 Å². The summed E-state index contributed by atoms with van der Waals surface area (Å²) < 4.78 is 67.7. The Kier molecular flexibility index (Phi) is 7.43. The first kappa shape index (κ1) is 27.5. The zero-order chi connectivity index (χ0) is 28.6. The third-order valence-corrected chi connectivity index (χ3v) is 7.20. The van der Waals surface area contributed by atoms with Crippen LogP contribution in [0.15, 0.2) is 43.0 Å². The number of rotatable bonds is 5. The van der Waals surface area contributed by atoms with Crippen molar-refractivity contribution < 1.29 is 36.6 Å². The van der Waals surface area contributed by atoms with Gasteiger partial charge in [0, 0.05) is 49.3 Å². The Labute approximate surface area is 227 Å². The molecule has 1 aliphatic heterocycles. The first-order chi connectivity index (χ1) is 19.0. The Morgan fingerprint density at radius 2 is 1.82 bits per heavy atom. The van der Waals surface area contributed by atoms with E-state index in [2.05, 4.69) is 21.9 Å². The lowest BCUT2D eigenvalue weighted by Crippen LogP contribution is -2.48. The summed E-state index contributed by atoms with van der Waals surface area (Å²) in [5.74, 6) is -3.56. The number of carbonyl (C=O) groups is 2. The minimum Gasteiger partial charge on any atom is -0.438 e. The first-order valence-electron chi connectivity index (χ1n) is 12.9. The molecule has 1 fully saturated rings. The molecule has 0 bridgehead atoms. The van der Waals surface area contributed by atoms with E-state index in [0.29, 0.717) is 24.5 Å². The molecule has 3 heterocycles. The normalized spacial score (nSPS) is 21.0. The molecule has 0 saturated heterocycles. The Hall–Kier alpha value is -4.09. The van der Waals surface area contributed by atoms with Crippen LogP contribution in [0.3, 0.4) is 0 Å². The van der Waals surface area contributed by atoms with Crippen molar-refractivity contribution >= 4 is 17.6 Å². The van der Waals surface area contributed by atoms with Crippen molar-refractivity contribution in [1.82, 2.24) is 15.0 Å². The predicted octanol–water partition coefficient (Wildman–Crippen LogP) is 6.09. The van der Waals surface area contributed by atoms with Crippen LogP contribution in [0, 0.1) is 17.7 Å². The summed E-state index contributed by atoms with van der Waals surface area (Å²) in [4.78, 5) is 39.1. The molecule has 1 saturated carbocycles. The van der Waals surface area contributed by atoms with E-state index in [1.54, 1.807) is 0 Å². The Morgan fingerprint density at radius 1 is 1.07 bits per heavy atom. The van der Waals surface area contributed by atoms with Crippen LogP contribution in [-0.4, -0.2) is 33.1 Å². The van der Waals surface area contributed by atoms with Crippen LogP contribution in [-0.2, 0) is 22.1 Å². The summed E-state index contributed by atoms with van der Waals surface area (Å²) in [5, 5.41) is 0. The topological polar surface area (TPSA) is 94.5 Å². The highest BCUT2D eigenvalue weighted by Crippen LogP contribution is 2.41. The zero-order valence-corrected chi connectivity index (χ0v) is 21.7. The van der Waals surface area contributed by atoms with Crippen molar-refractivity contribution in [3.63, 3.8) is 0 Å². The van der Waals surface area contributed by atoms with Crippen LogP contribution in [0.5, 0.6) is 11.6 Å². The van der Waals surface area contributed by atoms with Gasteiger partial charge in [0.2, 0.25) is 11.8 Å². The van der Waals surface area contributed by atoms with Gasteiger partial charge in [0.25, 0.3) is 0 Å². The number of ether oxygens (including phenoxy) is 2. The molecule has 2 aliphatic rings. The maximum Gasteiger partial charge on any atom is 0.421 e. The van der Waals surface area contributed by atoms with Gasteiger partial charge in [-0.15, -0.1) is 0 Å². The highest BCUT2D eigenvalue weighted by atomic mass is 19.4. The van der Waals surface area contributed by atoms with E-state index >= 15 is 4.39 Å². The van der Waals surface area contributed by atoms with Crippen LogP contribution in [0.1, 0.15) is 66.7 Å². The van der Waals surface area contributed by atoms with Crippen molar-refractivity contribution in [2.24, 2.45) is 11.8 Å². The fourth-order valence-electron chi connectivity index (χ4n) is 5.06. The Bertz CT molecular complexity index is 1430. The fraction of sp³-hybridized carbons (Fsp3) is 0.393. The number of amides is 1. The van der Waals surface area contributed by atoms with Gasteiger partial charge < -0.3 is 9.47 Å². The van der Waals surface area contributed by atoms with Gasteiger partial charge in [-0.2, -0.15) is 13.2 Å². The number of esters is 1. The minimum absolute atomic E-state index is 0.0134. The smallest absolute Gasteiger partial charge is 0.421 e. The van der Waals surface area contributed by atoms with E-state index in [0.717, 1.165) is 37.2 Å². The van der Waals surface area contributed by atoms with Crippen LogP contribution >= 0.6 is 0 Å². The molecule has 5 rings (SSSR count). The van der Waals surface area contributed by atoms with Gasteiger partial charge in [0.1, 0.15) is 5.56 Å². The molecule has 8 nitrogen and oxygen atoms in total. The number of fused-ring (bicyclic) bond motifs is 1. The number of nitrogens with zero attached hydrogens (tertiary/aromatic N) is 4. The first-order valence-corrected chi connectivity index (χ1v) is 12.9. The highest BCUT2D eigenvalue weighted by Gasteiger charge is 2.40. The summed E-state index contributed by atoms with van der Waals surface area (Å²) in [6, 6.07) is 2.70. The molecule has 1 aliphatic carbocycles. The van der Waals surface area contributed by atoms with Crippen molar-refractivity contribution in [1.29, 1.82) is 0 Å². The lowest BCUT2D eigenvalue weighted by atomic mass is 9.82. The molecule has 12 heteroatoms. The number of hydrogen-bond donors (Lipinski definition) is 0. The number of cyclic esters (lactones) is 1. The maximum absolute atomic E-state index is 15.3. The maximum atomic E-state index is 15.3. The molecule has 0 N–H and O–H groups in total. The molecule has 2 aromatic heterocycles. The standard InChI is InChI=1S/C28H26F4N4O4/c1-15-3-5-18(6-4-15)26(37)36-16(2)39-27(38)20-11-24(22(29)12-23(20)36)40-25-21(28(30,31)32)10-17(13-35-25)9-19-14-33-7-8-34-19/h7-8,10-16,18H,3-6,9H2,1-2H3/t15-,16?,18-. The Balaban J connectivity index is 1.46. The molecule has 210 valence electrons. The number of halogens is 4. The summed E-state index contributed by atoms with van der Waals surface area (Å²) in [6.45, 7) is 3.62. The van der Waals surface area contributed by atoms with E-state index in [9.17, 15) is 22.8 Å². The van der Waals surface area contributed by atoms with E-state index < -0.39 is 41.4 Å². The number of pyridine rings is 1. The zero-order valence-electron chi connectivity index (χ0n) is 21.7. The van der Waals surface area contributed by atoms with E-state index in [1.807, 2.05) is 0 Å². The lowest BCUT2D eigenvalue weighted by Gasteiger charge is -2.37. The van der Waals surface area contributed by atoms with E-state index in [-0.39, 0.29) is 35.1 Å². The van der Waals surface area contributed by atoms with Crippen molar-refractivity contribution in [2.75, 3.05) is 4.90 Å².